The SMILES string of the molecule is CC(=O)NC(CC(C)C)C(=O)Nc1cccc(-c2ccc(Oc3ccc(F)cc3)cc2)n1. The predicted octanol–water partition coefficient (Wildman–Crippen LogP) is 5.17. The number of carbonyl (C=O) groups is 2. The van der Waals surface area contributed by atoms with Crippen molar-refractivity contribution in [2.45, 2.75) is 33.2 Å². The minimum absolute atomic E-state index is 0.243. The number of halogens is 1. The summed E-state index contributed by atoms with van der Waals surface area (Å²) in [4.78, 5) is 28.6. The van der Waals surface area contributed by atoms with Gasteiger partial charge in [0, 0.05) is 12.5 Å². The summed E-state index contributed by atoms with van der Waals surface area (Å²) in [5, 5.41) is 5.48. The first-order valence-corrected chi connectivity index (χ1v) is 10.4. The largest absolute Gasteiger partial charge is 0.457 e. The van der Waals surface area contributed by atoms with Crippen molar-refractivity contribution < 1.29 is 18.7 Å². The molecule has 0 saturated carbocycles. The topological polar surface area (TPSA) is 80.3 Å². The average Bonchev–Trinajstić information content (AvgIpc) is 2.75. The fourth-order valence-corrected chi connectivity index (χ4v) is 3.16. The van der Waals surface area contributed by atoms with Crippen LogP contribution in [0.15, 0.2) is 66.7 Å². The molecule has 0 saturated heterocycles. The van der Waals surface area contributed by atoms with Gasteiger partial charge in [-0.2, -0.15) is 0 Å². The summed E-state index contributed by atoms with van der Waals surface area (Å²) in [5.41, 5.74) is 1.52. The molecule has 0 radical (unpaired) electrons. The number of amides is 2. The molecule has 2 N–H and O–H groups in total. The second-order valence-electron chi connectivity index (χ2n) is 7.86. The molecule has 0 bridgehead atoms. The molecule has 0 spiro atoms. The lowest BCUT2D eigenvalue weighted by Crippen LogP contribution is -2.43. The van der Waals surface area contributed by atoms with Crippen molar-refractivity contribution >= 4 is 17.6 Å². The molecule has 0 aliphatic rings. The number of rotatable bonds is 8. The molecule has 1 heterocycles. The van der Waals surface area contributed by atoms with Crippen molar-refractivity contribution in [3.8, 4) is 22.8 Å². The van der Waals surface area contributed by atoms with E-state index in [4.69, 9.17) is 4.74 Å². The van der Waals surface area contributed by atoms with Gasteiger partial charge in [-0.25, -0.2) is 9.37 Å². The Balaban J connectivity index is 1.70. The second-order valence-corrected chi connectivity index (χ2v) is 7.86. The van der Waals surface area contributed by atoms with Crippen molar-refractivity contribution in [1.29, 1.82) is 0 Å². The number of ether oxygens (including phenoxy) is 1. The van der Waals surface area contributed by atoms with Crippen molar-refractivity contribution in [2.24, 2.45) is 5.92 Å². The summed E-state index contributed by atoms with van der Waals surface area (Å²) in [6, 6.07) is 17.8. The van der Waals surface area contributed by atoms with E-state index in [0.29, 0.717) is 29.4 Å². The standard InChI is InChI=1S/C25H26FN3O3/c1-16(2)15-23(27-17(3)30)25(31)29-24-6-4-5-22(28-24)18-7-11-20(12-8-18)32-21-13-9-19(26)10-14-21/h4-14,16,23H,15H2,1-3H3,(H,27,30)(H,28,29,31). The minimum atomic E-state index is -0.624. The van der Waals surface area contributed by atoms with Crippen LogP contribution in [0, 0.1) is 11.7 Å². The van der Waals surface area contributed by atoms with E-state index in [1.165, 1.54) is 19.1 Å². The Bertz CT molecular complexity index is 1070. The minimum Gasteiger partial charge on any atom is -0.457 e. The van der Waals surface area contributed by atoms with Crippen LogP contribution in [0.3, 0.4) is 0 Å². The van der Waals surface area contributed by atoms with Crippen LogP contribution in [0.25, 0.3) is 11.3 Å². The zero-order valence-corrected chi connectivity index (χ0v) is 18.3. The number of benzene rings is 2. The fourth-order valence-electron chi connectivity index (χ4n) is 3.16. The maximum atomic E-state index is 13.0. The lowest BCUT2D eigenvalue weighted by atomic mass is 10.0. The molecule has 1 atom stereocenters. The predicted molar refractivity (Wildman–Crippen MR) is 122 cm³/mol. The third-order valence-corrected chi connectivity index (χ3v) is 4.60. The van der Waals surface area contributed by atoms with E-state index in [1.54, 1.807) is 36.4 Å². The van der Waals surface area contributed by atoms with E-state index in [9.17, 15) is 14.0 Å². The first-order chi connectivity index (χ1) is 15.3. The van der Waals surface area contributed by atoms with Crippen LogP contribution in [0.5, 0.6) is 11.5 Å². The van der Waals surface area contributed by atoms with Gasteiger partial charge in [-0.05, 0) is 73.0 Å². The lowest BCUT2D eigenvalue weighted by Gasteiger charge is -2.19. The Morgan fingerprint density at radius 3 is 2.19 bits per heavy atom. The first-order valence-electron chi connectivity index (χ1n) is 10.4. The van der Waals surface area contributed by atoms with Gasteiger partial charge in [0.25, 0.3) is 0 Å². The number of pyridine rings is 1. The van der Waals surface area contributed by atoms with E-state index in [1.807, 2.05) is 32.0 Å². The molecule has 32 heavy (non-hydrogen) atoms. The molecule has 1 unspecified atom stereocenters. The Morgan fingerprint density at radius 1 is 0.969 bits per heavy atom. The van der Waals surface area contributed by atoms with Crippen molar-refractivity contribution in [3.05, 3.63) is 72.5 Å². The highest BCUT2D eigenvalue weighted by Crippen LogP contribution is 2.26. The first kappa shape index (κ1) is 22.9. The van der Waals surface area contributed by atoms with Crippen molar-refractivity contribution in [1.82, 2.24) is 10.3 Å². The number of aromatic nitrogens is 1. The second kappa shape index (κ2) is 10.5. The van der Waals surface area contributed by atoms with E-state index in [2.05, 4.69) is 15.6 Å². The number of hydrogen-bond donors (Lipinski definition) is 2. The van der Waals surface area contributed by atoms with Gasteiger partial charge in [0.15, 0.2) is 0 Å². The molecule has 7 heteroatoms. The smallest absolute Gasteiger partial charge is 0.248 e. The highest BCUT2D eigenvalue weighted by atomic mass is 19.1. The van der Waals surface area contributed by atoms with Gasteiger partial charge in [0.2, 0.25) is 11.8 Å². The summed E-state index contributed by atoms with van der Waals surface area (Å²) in [5.74, 6) is 0.912. The molecule has 0 aliphatic carbocycles. The summed E-state index contributed by atoms with van der Waals surface area (Å²) in [7, 11) is 0. The molecular weight excluding hydrogens is 409 g/mol. The third kappa shape index (κ3) is 6.63. The number of hydrogen-bond acceptors (Lipinski definition) is 4. The molecule has 1 aromatic heterocycles. The zero-order valence-electron chi connectivity index (χ0n) is 18.3. The molecule has 166 valence electrons. The number of carbonyl (C=O) groups excluding carboxylic acids is 2. The van der Waals surface area contributed by atoms with E-state index in [0.717, 1.165) is 5.56 Å². The van der Waals surface area contributed by atoms with Crippen LogP contribution in [0.1, 0.15) is 27.2 Å². The Kier molecular flexibility index (Phi) is 7.54. The molecular formula is C25H26FN3O3. The third-order valence-electron chi connectivity index (χ3n) is 4.60. The molecule has 3 aromatic rings. The summed E-state index contributed by atoms with van der Waals surface area (Å²) >= 11 is 0. The lowest BCUT2D eigenvalue weighted by molar-refractivity contribution is -0.125. The maximum Gasteiger partial charge on any atom is 0.248 e. The van der Waals surface area contributed by atoms with Gasteiger partial charge in [0.05, 0.1) is 5.69 Å². The Hall–Kier alpha value is -3.74. The Labute approximate surface area is 186 Å². The van der Waals surface area contributed by atoms with Crippen LogP contribution in [-0.4, -0.2) is 22.8 Å². The highest BCUT2D eigenvalue weighted by Gasteiger charge is 2.21. The molecule has 0 fully saturated rings. The fraction of sp³-hybridized carbons (Fsp3) is 0.240. The van der Waals surface area contributed by atoms with Crippen LogP contribution < -0.4 is 15.4 Å². The summed E-state index contributed by atoms with van der Waals surface area (Å²) < 4.78 is 18.7. The quantitative estimate of drug-likeness (QED) is 0.512. The van der Waals surface area contributed by atoms with E-state index < -0.39 is 6.04 Å². The van der Waals surface area contributed by atoms with Crippen LogP contribution >= 0.6 is 0 Å². The summed E-state index contributed by atoms with van der Waals surface area (Å²) in [6.45, 7) is 5.37. The normalized spacial score (nSPS) is 11.7. The van der Waals surface area contributed by atoms with Gasteiger partial charge in [0.1, 0.15) is 29.2 Å². The molecule has 0 aliphatic heterocycles. The highest BCUT2D eigenvalue weighted by molar-refractivity contribution is 5.96. The van der Waals surface area contributed by atoms with Crippen molar-refractivity contribution in [3.63, 3.8) is 0 Å². The molecule has 3 rings (SSSR count). The number of nitrogens with zero attached hydrogens (tertiary/aromatic N) is 1. The number of nitrogens with one attached hydrogen (secondary N) is 2. The molecule has 6 nitrogen and oxygen atoms in total. The van der Waals surface area contributed by atoms with Gasteiger partial charge in [-0.3, -0.25) is 9.59 Å². The number of anilines is 1. The van der Waals surface area contributed by atoms with E-state index >= 15 is 0 Å². The Morgan fingerprint density at radius 2 is 1.59 bits per heavy atom. The van der Waals surface area contributed by atoms with E-state index in [-0.39, 0.29) is 23.5 Å². The van der Waals surface area contributed by atoms with Gasteiger partial charge in [-0.15, -0.1) is 0 Å². The molecule has 2 aromatic carbocycles. The van der Waals surface area contributed by atoms with Crippen LogP contribution in [0.4, 0.5) is 10.2 Å². The van der Waals surface area contributed by atoms with Crippen LogP contribution in [-0.2, 0) is 9.59 Å². The average molecular weight is 435 g/mol. The van der Waals surface area contributed by atoms with Crippen molar-refractivity contribution in [2.75, 3.05) is 5.32 Å². The van der Waals surface area contributed by atoms with Gasteiger partial charge >= 0.3 is 0 Å². The molecule has 2 amide bonds. The maximum absolute atomic E-state index is 13.0. The summed E-state index contributed by atoms with van der Waals surface area (Å²) in [6.07, 6.45) is 0.528. The monoisotopic (exact) mass is 435 g/mol. The van der Waals surface area contributed by atoms with Gasteiger partial charge < -0.3 is 15.4 Å². The zero-order chi connectivity index (χ0) is 23.1. The van der Waals surface area contributed by atoms with Crippen LogP contribution in [0.2, 0.25) is 0 Å². The van der Waals surface area contributed by atoms with Gasteiger partial charge in [-0.1, -0.05) is 19.9 Å².